The van der Waals surface area contributed by atoms with Crippen LogP contribution in [0.5, 0.6) is 5.75 Å². The van der Waals surface area contributed by atoms with E-state index < -0.39 is 27.3 Å². The Hall–Kier alpha value is -2.54. The molecule has 0 radical (unpaired) electrons. The number of aromatic hydroxyl groups is 1. The van der Waals surface area contributed by atoms with Crippen LogP contribution in [0.2, 0.25) is 0 Å². The molecule has 0 fully saturated rings. The van der Waals surface area contributed by atoms with Gasteiger partial charge in [-0.2, -0.15) is 0 Å². The largest absolute Gasteiger partial charge is 0.507 e. The molecule has 0 unspecified atom stereocenters. The average Bonchev–Trinajstić information content (AvgIpc) is 2.49. The van der Waals surface area contributed by atoms with Crippen molar-refractivity contribution in [2.75, 3.05) is 10.8 Å². The van der Waals surface area contributed by atoms with Crippen molar-refractivity contribution in [1.29, 1.82) is 0 Å². The minimum atomic E-state index is -3.94. The zero-order chi connectivity index (χ0) is 17.2. The van der Waals surface area contributed by atoms with Crippen LogP contribution in [0.15, 0.2) is 47.4 Å². The van der Waals surface area contributed by atoms with Gasteiger partial charge in [0.05, 0.1) is 10.6 Å². The Morgan fingerprint density at radius 1 is 1.17 bits per heavy atom. The highest BCUT2D eigenvalue weighted by molar-refractivity contribution is 7.92. The van der Waals surface area contributed by atoms with E-state index in [0.29, 0.717) is 5.69 Å². The molecule has 0 bridgehead atoms. The molecule has 0 aromatic heterocycles. The molecule has 2 aromatic rings. The molecule has 0 heterocycles. The molecule has 7 heteroatoms. The molecular formula is C16H17NO5S. The van der Waals surface area contributed by atoms with Gasteiger partial charge in [0, 0.05) is 6.54 Å². The first-order valence-corrected chi connectivity index (χ1v) is 8.37. The fraction of sp³-hybridized carbons (Fsp3) is 0.188. The van der Waals surface area contributed by atoms with Crippen molar-refractivity contribution in [2.45, 2.75) is 18.7 Å². The van der Waals surface area contributed by atoms with Crippen molar-refractivity contribution in [3.05, 3.63) is 53.6 Å². The van der Waals surface area contributed by atoms with Crippen LogP contribution < -0.4 is 4.31 Å². The SMILES string of the molecule is CCN(c1ccccc1C)S(=O)(=O)c1ccc(O)c(C(=O)O)c1. The Balaban J connectivity index is 2.59. The number of para-hydroxylation sites is 1. The molecular weight excluding hydrogens is 318 g/mol. The van der Waals surface area contributed by atoms with Gasteiger partial charge < -0.3 is 10.2 Å². The number of sulfonamides is 1. The van der Waals surface area contributed by atoms with Crippen LogP contribution in [0.25, 0.3) is 0 Å². The monoisotopic (exact) mass is 335 g/mol. The molecule has 2 rings (SSSR count). The predicted octanol–water partition coefficient (Wildman–Crippen LogP) is 2.61. The van der Waals surface area contributed by atoms with E-state index in [2.05, 4.69) is 0 Å². The zero-order valence-corrected chi connectivity index (χ0v) is 13.5. The molecule has 0 aliphatic carbocycles. The Morgan fingerprint density at radius 3 is 2.39 bits per heavy atom. The molecule has 23 heavy (non-hydrogen) atoms. The van der Waals surface area contributed by atoms with Crippen molar-refractivity contribution in [3.8, 4) is 5.75 Å². The van der Waals surface area contributed by atoms with Crippen LogP contribution in [0.3, 0.4) is 0 Å². The number of nitrogens with zero attached hydrogens (tertiary/aromatic N) is 1. The number of phenols is 1. The number of benzene rings is 2. The number of carbonyl (C=O) groups is 1. The minimum absolute atomic E-state index is 0.183. The lowest BCUT2D eigenvalue weighted by Gasteiger charge is -2.24. The molecule has 0 spiro atoms. The molecule has 6 nitrogen and oxygen atoms in total. The third-order valence-electron chi connectivity index (χ3n) is 3.46. The smallest absolute Gasteiger partial charge is 0.339 e. The molecule has 0 amide bonds. The fourth-order valence-electron chi connectivity index (χ4n) is 2.29. The molecule has 0 saturated carbocycles. The Kier molecular flexibility index (Phi) is 4.60. The number of rotatable bonds is 5. The van der Waals surface area contributed by atoms with E-state index in [4.69, 9.17) is 5.11 Å². The lowest BCUT2D eigenvalue weighted by atomic mass is 10.2. The van der Waals surface area contributed by atoms with Crippen LogP contribution in [-0.2, 0) is 10.0 Å². The van der Waals surface area contributed by atoms with E-state index in [0.717, 1.165) is 17.7 Å². The molecule has 0 aliphatic heterocycles. The fourth-order valence-corrected chi connectivity index (χ4v) is 3.85. The maximum Gasteiger partial charge on any atom is 0.339 e. The van der Waals surface area contributed by atoms with E-state index in [1.807, 2.05) is 6.07 Å². The topological polar surface area (TPSA) is 94.9 Å². The van der Waals surface area contributed by atoms with Crippen LogP contribution >= 0.6 is 0 Å². The van der Waals surface area contributed by atoms with Gasteiger partial charge in [-0.05, 0) is 43.7 Å². The Labute approximate surface area is 134 Å². The summed E-state index contributed by atoms with van der Waals surface area (Å²) in [6.07, 6.45) is 0. The second kappa shape index (κ2) is 6.29. The number of hydrogen-bond acceptors (Lipinski definition) is 4. The van der Waals surface area contributed by atoms with Crippen molar-refractivity contribution in [3.63, 3.8) is 0 Å². The van der Waals surface area contributed by atoms with Crippen molar-refractivity contribution in [2.24, 2.45) is 0 Å². The van der Waals surface area contributed by atoms with Crippen molar-refractivity contribution >= 4 is 21.7 Å². The lowest BCUT2D eigenvalue weighted by Crippen LogP contribution is -2.31. The summed E-state index contributed by atoms with van der Waals surface area (Å²) in [6, 6.07) is 10.3. The van der Waals surface area contributed by atoms with Gasteiger partial charge in [-0.1, -0.05) is 18.2 Å². The predicted molar refractivity (Wildman–Crippen MR) is 86.5 cm³/mol. The first-order chi connectivity index (χ1) is 10.8. The third kappa shape index (κ3) is 3.14. The van der Waals surface area contributed by atoms with Crippen LogP contribution in [0, 0.1) is 6.92 Å². The summed E-state index contributed by atoms with van der Waals surface area (Å²) in [7, 11) is -3.94. The molecule has 2 aromatic carbocycles. The zero-order valence-electron chi connectivity index (χ0n) is 12.7. The van der Waals surface area contributed by atoms with E-state index >= 15 is 0 Å². The summed E-state index contributed by atoms with van der Waals surface area (Å²) < 4.78 is 26.9. The maximum absolute atomic E-state index is 12.9. The summed E-state index contributed by atoms with van der Waals surface area (Å²) >= 11 is 0. The highest BCUT2D eigenvalue weighted by atomic mass is 32.2. The van der Waals surface area contributed by atoms with E-state index in [-0.39, 0.29) is 11.4 Å². The quantitative estimate of drug-likeness (QED) is 0.876. The first kappa shape index (κ1) is 16.8. The molecule has 0 atom stereocenters. The normalized spacial score (nSPS) is 11.2. The average molecular weight is 335 g/mol. The van der Waals surface area contributed by atoms with E-state index in [1.165, 1.54) is 10.4 Å². The van der Waals surface area contributed by atoms with Crippen molar-refractivity contribution in [1.82, 2.24) is 0 Å². The number of carboxylic acids is 1. The second-order valence-electron chi connectivity index (χ2n) is 4.94. The van der Waals surface area contributed by atoms with Gasteiger partial charge in [0.2, 0.25) is 0 Å². The van der Waals surface area contributed by atoms with Crippen LogP contribution in [0.4, 0.5) is 5.69 Å². The Bertz CT molecular complexity index is 845. The molecule has 2 N–H and O–H groups in total. The molecule has 0 aliphatic rings. The molecule has 122 valence electrons. The summed E-state index contributed by atoms with van der Waals surface area (Å²) in [5, 5.41) is 18.6. The Morgan fingerprint density at radius 2 is 1.83 bits per heavy atom. The number of anilines is 1. The summed E-state index contributed by atoms with van der Waals surface area (Å²) in [5.41, 5.74) is 0.863. The third-order valence-corrected chi connectivity index (χ3v) is 5.34. The minimum Gasteiger partial charge on any atom is -0.507 e. The van der Waals surface area contributed by atoms with Gasteiger partial charge >= 0.3 is 5.97 Å². The van der Waals surface area contributed by atoms with Gasteiger partial charge in [-0.25, -0.2) is 13.2 Å². The number of aromatic carboxylic acids is 1. The van der Waals surface area contributed by atoms with Gasteiger partial charge in [0.25, 0.3) is 10.0 Å². The highest BCUT2D eigenvalue weighted by Crippen LogP contribution is 2.28. The molecule has 0 saturated heterocycles. The summed E-state index contributed by atoms with van der Waals surface area (Å²) in [6.45, 7) is 3.69. The van der Waals surface area contributed by atoms with Crippen molar-refractivity contribution < 1.29 is 23.4 Å². The number of carboxylic acid groups (broad SMARTS) is 1. The summed E-state index contributed by atoms with van der Waals surface area (Å²) in [4.78, 5) is 10.9. The lowest BCUT2D eigenvalue weighted by molar-refractivity contribution is 0.0693. The van der Waals surface area contributed by atoms with Gasteiger partial charge in [-0.15, -0.1) is 0 Å². The highest BCUT2D eigenvalue weighted by Gasteiger charge is 2.26. The summed E-state index contributed by atoms with van der Waals surface area (Å²) in [5.74, 6) is -1.87. The van der Waals surface area contributed by atoms with Gasteiger partial charge in [0.1, 0.15) is 11.3 Å². The van der Waals surface area contributed by atoms with E-state index in [9.17, 15) is 18.3 Å². The number of hydrogen-bond donors (Lipinski definition) is 2. The maximum atomic E-state index is 12.9. The first-order valence-electron chi connectivity index (χ1n) is 6.93. The van der Waals surface area contributed by atoms with Gasteiger partial charge in [-0.3, -0.25) is 4.31 Å². The van der Waals surface area contributed by atoms with Crippen LogP contribution in [-0.4, -0.2) is 31.1 Å². The standard InChI is InChI=1S/C16H17NO5S/c1-3-17(14-7-5-4-6-11(14)2)23(21,22)12-8-9-15(18)13(10-12)16(19)20/h4-10,18H,3H2,1-2H3,(H,19,20). The number of aryl methyl sites for hydroxylation is 1. The van der Waals surface area contributed by atoms with E-state index in [1.54, 1.807) is 32.0 Å². The van der Waals surface area contributed by atoms with Crippen LogP contribution in [0.1, 0.15) is 22.8 Å². The second-order valence-corrected chi connectivity index (χ2v) is 6.80. The van der Waals surface area contributed by atoms with Gasteiger partial charge in [0.15, 0.2) is 0 Å².